The fourth-order valence-corrected chi connectivity index (χ4v) is 3.69. The van der Waals surface area contributed by atoms with Crippen molar-refractivity contribution in [1.82, 2.24) is 0 Å². The van der Waals surface area contributed by atoms with Crippen molar-refractivity contribution in [3.63, 3.8) is 0 Å². The lowest BCUT2D eigenvalue weighted by Crippen LogP contribution is -2.27. The minimum absolute atomic E-state index is 0. The molecule has 0 amide bonds. The minimum Gasteiger partial charge on any atom is -0.506 e. The van der Waals surface area contributed by atoms with Crippen molar-refractivity contribution in [3.05, 3.63) is 55.5 Å². The number of ketones is 1. The van der Waals surface area contributed by atoms with Gasteiger partial charge in [-0.25, -0.2) is 4.79 Å². The maximum atomic E-state index is 13.0. The van der Waals surface area contributed by atoms with Gasteiger partial charge in [0.1, 0.15) is 16.5 Å². The third-order valence-electron chi connectivity index (χ3n) is 4.32. The monoisotopic (exact) mass is 479 g/mol. The van der Waals surface area contributed by atoms with Gasteiger partial charge in [-0.2, -0.15) is 0 Å². The topological polar surface area (TPSA) is 98.9 Å². The van der Waals surface area contributed by atoms with E-state index in [1.54, 1.807) is 6.92 Å². The zero-order valence-electron chi connectivity index (χ0n) is 15.1. The Morgan fingerprint density at radius 3 is 2.55 bits per heavy atom. The summed E-state index contributed by atoms with van der Waals surface area (Å²) < 4.78 is 10.5. The summed E-state index contributed by atoms with van der Waals surface area (Å²) in [6.45, 7) is 1.91. The van der Waals surface area contributed by atoms with Crippen molar-refractivity contribution in [3.8, 4) is 11.5 Å². The highest BCUT2D eigenvalue weighted by Gasteiger charge is 2.34. The van der Waals surface area contributed by atoms with Crippen molar-refractivity contribution in [2.45, 2.75) is 26.0 Å². The predicted octanol–water partition coefficient (Wildman–Crippen LogP) is 4.33. The molecule has 0 radical (unpaired) electrons. The Balaban J connectivity index is 0.00000300. The molecule has 0 spiro atoms. The van der Waals surface area contributed by atoms with Gasteiger partial charge in [0.2, 0.25) is 0 Å². The molecule has 29 heavy (non-hydrogen) atoms. The van der Waals surface area contributed by atoms with Crippen molar-refractivity contribution in [2.24, 2.45) is 5.73 Å². The first-order chi connectivity index (χ1) is 13.3. The third kappa shape index (κ3) is 4.42. The van der Waals surface area contributed by atoms with Crippen LogP contribution in [0.2, 0.25) is 15.1 Å². The van der Waals surface area contributed by atoms with Crippen LogP contribution in [0.5, 0.6) is 11.5 Å². The van der Waals surface area contributed by atoms with E-state index in [-0.39, 0.29) is 69.7 Å². The van der Waals surface area contributed by atoms with Crippen LogP contribution >= 0.6 is 47.2 Å². The highest BCUT2D eigenvalue weighted by Crippen LogP contribution is 2.43. The minimum atomic E-state index is -0.846. The van der Waals surface area contributed by atoms with Gasteiger partial charge in [0, 0.05) is 35.2 Å². The third-order valence-corrected chi connectivity index (χ3v) is 5.46. The maximum Gasteiger partial charge on any atom is 0.347 e. The number of hydrogen-bond donors (Lipinski definition) is 2. The number of ether oxygens (including phenoxy) is 2. The van der Waals surface area contributed by atoms with E-state index in [2.05, 4.69) is 0 Å². The lowest BCUT2D eigenvalue weighted by atomic mass is 9.98. The number of nitrogens with two attached hydrogens (primary N) is 1. The van der Waals surface area contributed by atoms with Crippen LogP contribution in [0.15, 0.2) is 18.2 Å². The molecular formula is C19H17Cl4NO5. The summed E-state index contributed by atoms with van der Waals surface area (Å²) in [6.07, 6.45) is -0.642. The van der Waals surface area contributed by atoms with Gasteiger partial charge in [-0.3, -0.25) is 4.79 Å². The Bertz CT molecular complexity index is 980. The van der Waals surface area contributed by atoms with Crippen LogP contribution < -0.4 is 10.5 Å². The molecule has 1 heterocycles. The Labute approximate surface area is 188 Å². The molecular weight excluding hydrogens is 464 g/mol. The van der Waals surface area contributed by atoms with Crippen molar-refractivity contribution >= 4 is 59.0 Å². The maximum absolute atomic E-state index is 13.0. The smallest absolute Gasteiger partial charge is 0.347 e. The molecule has 1 aliphatic rings. The first kappa shape index (κ1) is 23.6. The number of rotatable bonds is 5. The number of benzene rings is 2. The van der Waals surface area contributed by atoms with Gasteiger partial charge in [0.25, 0.3) is 0 Å². The molecule has 1 aliphatic heterocycles. The Kier molecular flexibility index (Phi) is 7.65. The molecule has 0 saturated heterocycles. The van der Waals surface area contributed by atoms with Gasteiger partial charge in [-0.05, 0) is 25.1 Å². The molecule has 1 atom stereocenters. The first-order valence-electron chi connectivity index (χ1n) is 8.38. The number of esters is 1. The number of aromatic hydroxyl groups is 1. The summed E-state index contributed by atoms with van der Waals surface area (Å²) in [5.74, 6) is -0.889. The van der Waals surface area contributed by atoms with Crippen LogP contribution in [0.4, 0.5) is 0 Å². The van der Waals surface area contributed by atoms with Crippen molar-refractivity contribution in [1.29, 1.82) is 0 Å². The molecule has 2 aromatic rings. The van der Waals surface area contributed by atoms with E-state index in [0.717, 1.165) is 0 Å². The average molecular weight is 481 g/mol. The molecule has 10 heteroatoms. The van der Waals surface area contributed by atoms with Crippen LogP contribution in [0.3, 0.4) is 0 Å². The second kappa shape index (κ2) is 9.41. The number of phenolic OH excluding ortho intramolecular Hbond substituents is 1. The van der Waals surface area contributed by atoms with Crippen LogP contribution in [-0.2, 0) is 22.5 Å². The molecule has 2 aromatic carbocycles. The van der Waals surface area contributed by atoms with Crippen molar-refractivity contribution < 1.29 is 24.2 Å². The summed E-state index contributed by atoms with van der Waals surface area (Å²) in [4.78, 5) is 25.0. The van der Waals surface area contributed by atoms with E-state index in [9.17, 15) is 14.7 Å². The first-order valence-corrected chi connectivity index (χ1v) is 9.52. The molecule has 1 unspecified atom stereocenters. The number of fused-ring (bicyclic) bond motifs is 1. The van der Waals surface area contributed by atoms with E-state index >= 15 is 0 Å². The second-order valence-electron chi connectivity index (χ2n) is 6.10. The summed E-state index contributed by atoms with van der Waals surface area (Å²) >= 11 is 18.6. The normalized spacial score (nSPS) is 14.6. The van der Waals surface area contributed by atoms with E-state index < -0.39 is 17.9 Å². The standard InChI is InChI=1S/C19H16Cl3NO5.ClH/c1-2-27-19(26)13-6-9-4-11(14(21)15(22)18(9)28-13)16(24)8-3-10(7-23)17(25)12(20)5-8;/h3-5,13,25H,2,6-7,23H2,1H3;1H. The molecule has 0 saturated carbocycles. The Hall–Kier alpha value is -1.70. The van der Waals surface area contributed by atoms with Crippen LogP contribution in [0.25, 0.3) is 0 Å². The fourth-order valence-electron chi connectivity index (χ4n) is 2.95. The lowest BCUT2D eigenvalue weighted by molar-refractivity contribution is -0.150. The SMILES string of the molecule is CCOC(=O)C1Cc2cc(C(=O)c3cc(Cl)c(O)c(CN)c3)c(Cl)c(Cl)c2O1.Cl. The molecule has 0 aromatic heterocycles. The van der Waals surface area contributed by atoms with Gasteiger partial charge in [0.05, 0.1) is 16.7 Å². The molecule has 0 fully saturated rings. The summed E-state index contributed by atoms with van der Waals surface area (Å²) in [5.41, 5.74) is 6.80. The van der Waals surface area contributed by atoms with Crippen molar-refractivity contribution in [2.75, 3.05) is 6.61 Å². The highest BCUT2D eigenvalue weighted by molar-refractivity contribution is 6.45. The van der Waals surface area contributed by atoms with Gasteiger partial charge in [-0.15, -0.1) is 12.4 Å². The number of phenols is 1. The van der Waals surface area contributed by atoms with Gasteiger partial charge in [0.15, 0.2) is 11.9 Å². The number of carbonyl (C=O) groups excluding carboxylic acids is 2. The molecule has 3 N–H and O–H groups in total. The highest BCUT2D eigenvalue weighted by atomic mass is 35.5. The van der Waals surface area contributed by atoms with E-state index in [4.69, 9.17) is 50.0 Å². The zero-order chi connectivity index (χ0) is 20.6. The zero-order valence-corrected chi connectivity index (χ0v) is 18.2. The van der Waals surface area contributed by atoms with Gasteiger partial charge in [-0.1, -0.05) is 34.8 Å². The van der Waals surface area contributed by atoms with Gasteiger partial charge < -0.3 is 20.3 Å². The van der Waals surface area contributed by atoms with E-state index in [1.807, 2.05) is 0 Å². The summed E-state index contributed by atoms with van der Waals surface area (Å²) in [6, 6.07) is 4.31. The molecule has 0 aliphatic carbocycles. The van der Waals surface area contributed by atoms with E-state index in [1.165, 1.54) is 18.2 Å². The fraction of sp³-hybridized carbons (Fsp3) is 0.263. The van der Waals surface area contributed by atoms with E-state index in [0.29, 0.717) is 11.1 Å². The van der Waals surface area contributed by atoms with Gasteiger partial charge >= 0.3 is 5.97 Å². The second-order valence-corrected chi connectivity index (χ2v) is 7.27. The quantitative estimate of drug-likeness (QED) is 0.488. The lowest BCUT2D eigenvalue weighted by Gasteiger charge is -2.12. The molecule has 0 bridgehead atoms. The number of carbonyl (C=O) groups is 2. The van der Waals surface area contributed by atoms with Crippen LogP contribution in [0, 0.1) is 0 Å². The number of halogens is 4. The molecule has 6 nitrogen and oxygen atoms in total. The largest absolute Gasteiger partial charge is 0.506 e. The molecule has 156 valence electrons. The average Bonchev–Trinajstić information content (AvgIpc) is 3.11. The predicted molar refractivity (Wildman–Crippen MR) is 113 cm³/mol. The summed E-state index contributed by atoms with van der Waals surface area (Å²) in [7, 11) is 0. The Morgan fingerprint density at radius 1 is 1.24 bits per heavy atom. The Morgan fingerprint density at radius 2 is 1.93 bits per heavy atom. The summed E-state index contributed by atoms with van der Waals surface area (Å²) in [5, 5.41) is 9.93. The van der Waals surface area contributed by atoms with Crippen LogP contribution in [0.1, 0.15) is 34.0 Å². The van der Waals surface area contributed by atoms with Crippen LogP contribution in [-0.4, -0.2) is 29.6 Å². The number of hydrogen-bond acceptors (Lipinski definition) is 6. The molecule has 3 rings (SSSR count).